The molecule has 1 atom stereocenters. The summed E-state index contributed by atoms with van der Waals surface area (Å²) in [6, 6.07) is 0.565. The van der Waals surface area contributed by atoms with Crippen molar-refractivity contribution in [3.8, 4) is 0 Å². The molecular weight excluding hydrogens is 449 g/mol. The van der Waals surface area contributed by atoms with Crippen LogP contribution in [0, 0.1) is 11.8 Å². The molecule has 1 aliphatic carbocycles. The van der Waals surface area contributed by atoms with E-state index < -0.39 is 0 Å². The third kappa shape index (κ3) is 7.69. The van der Waals surface area contributed by atoms with Gasteiger partial charge in [0, 0.05) is 39.3 Å². The van der Waals surface area contributed by atoms with Crippen molar-refractivity contribution in [3.05, 3.63) is 0 Å². The van der Waals surface area contributed by atoms with E-state index in [0.717, 1.165) is 24.3 Å². The lowest BCUT2D eigenvalue weighted by Gasteiger charge is -2.31. The molecule has 27 heavy (non-hydrogen) atoms. The highest BCUT2D eigenvalue weighted by molar-refractivity contribution is 14.0. The van der Waals surface area contributed by atoms with Crippen LogP contribution in [0.4, 0.5) is 0 Å². The predicted octanol–water partition coefficient (Wildman–Crippen LogP) is 3.16. The van der Waals surface area contributed by atoms with Crippen LogP contribution in [0.3, 0.4) is 0 Å². The van der Waals surface area contributed by atoms with Crippen LogP contribution in [0.5, 0.6) is 0 Å². The van der Waals surface area contributed by atoms with E-state index in [1.54, 1.807) is 0 Å². The highest BCUT2D eigenvalue weighted by Crippen LogP contribution is 2.26. The summed E-state index contributed by atoms with van der Waals surface area (Å²) in [5, 5.41) is 7.23. The Morgan fingerprint density at radius 3 is 2.33 bits per heavy atom. The van der Waals surface area contributed by atoms with Crippen molar-refractivity contribution in [2.24, 2.45) is 16.8 Å². The van der Waals surface area contributed by atoms with E-state index in [1.165, 1.54) is 90.6 Å². The Morgan fingerprint density at radius 2 is 1.67 bits per heavy atom. The van der Waals surface area contributed by atoms with Gasteiger partial charge in [-0.2, -0.15) is 0 Å². The van der Waals surface area contributed by atoms with Gasteiger partial charge in [0.2, 0.25) is 0 Å². The third-order valence-corrected chi connectivity index (χ3v) is 6.83. The molecule has 0 bridgehead atoms. The van der Waals surface area contributed by atoms with Crippen LogP contribution in [0.15, 0.2) is 4.99 Å². The lowest BCUT2D eigenvalue weighted by Crippen LogP contribution is -2.45. The van der Waals surface area contributed by atoms with Gasteiger partial charge in [0.15, 0.2) is 5.96 Å². The number of hydrogen-bond donors (Lipinski definition) is 2. The molecule has 2 N–H and O–H groups in total. The molecule has 2 saturated heterocycles. The molecule has 158 valence electrons. The van der Waals surface area contributed by atoms with Crippen molar-refractivity contribution < 1.29 is 0 Å². The van der Waals surface area contributed by atoms with E-state index in [-0.39, 0.29) is 24.0 Å². The first kappa shape index (κ1) is 23.2. The molecule has 0 aromatic carbocycles. The van der Waals surface area contributed by atoms with E-state index in [1.807, 2.05) is 7.05 Å². The second kappa shape index (κ2) is 12.5. The second-order valence-electron chi connectivity index (χ2n) is 8.71. The monoisotopic (exact) mass is 491 g/mol. The van der Waals surface area contributed by atoms with Crippen molar-refractivity contribution in [1.82, 2.24) is 20.4 Å². The first-order valence-electron chi connectivity index (χ1n) is 11.2. The molecule has 0 aromatic heterocycles. The molecule has 0 amide bonds. The highest BCUT2D eigenvalue weighted by Gasteiger charge is 2.26. The summed E-state index contributed by atoms with van der Waals surface area (Å²) in [6.07, 6.45) is 11.1. The molecule has 1 saturated carbocycles. The Balaban J connectivity index is 0.00000261. The first-order valence-corrected chi connectivity index (χ1v) is 11.2. The first-order chi connectivity index (χ1) is 12.8. The Morgan fingerprint density at radius 1 is 0.963 bits per heavy atom. The largest absolute Gasteiger partial charge is 0.356 e. The minimum atomic E-state index is 0. The fourth-order valence-corrected chi connectivity index (χ4v) is 5.05. The lowest BCUT2D eigenvalue weighted by atomic mass is 9.93. The SMILES string of the molecule is CCN1CCC(CCNC(=NC)NC2CCN(CC3CCCC3)C2)CC1.I. The van der Waals surface area contributed by atoms with Gasteiger partial charge in [-0.3, -0.25) is 4.99 Å². The summed E-state index contributed by atoms with van der Waals surface area (Å²) in [6.45, 7) is 10.9. The number of piperidine rings is 1. The number of guanidine groups is 1. The highest BCUT2D eigenvalue weighted by atomic mass is 127. The third-order valence-electron chi connectivity index (χ3n) is 6.83. The van der Waals surface area contributed by atoms with Crippen molar-refractivity contribution >= 4 is 29.9 Å². The summed E-state index contributed by atoms with van der Waals surface area (Å²) in [7, 11) is 1.90. The van der Waals surface area contributed by atoms with E-state index in [2.05, 4.69) is 32.3 Å². The lowest BCUT2D eigenvalue weighted by molar-refractivity contribution is 0.187. The van der Waals surface area contributed by atoms with Crippen LogP contribution in [0.1, 0.15) is 58.3 Å². The van der Waals surface area contributed by atoms with Gasteiger partial charge in [-0.15, -0.1) is 24.0 Å². The zero-order valence-corrected chi connectivity index (χ0v) is 19.9. The molecule has 2 heterocycles. The molecule has 0 radical (unpaired) electrons. The Bertz CT molecular complexity index is 430. The van der Waals surface area contributed by atoms with Gasteiger partial charge in [0.05, 0.1) is 0 Å². The maximum absolute atomic E-state index is 4.46. The van der Waals surface area contributed by atoms with Crippen LogP contribution in [-0.4, -0.2) is 74.7 Å². The Kier molecular flexibility index (Phi) is 10.7. The second-order valence-corrected chi connectivity index (χ2v) is 8.71. The van der Waals surface area contributed by atoms with Crippen LogP contribution >= 0.6 is 24.0 Å². The van der Waals surface area contributed by atoms with Crippen LogP contribution < -0.4 is 10.6 Å². The summed E-state index contributed by atoms with van der Waals surface area (Å²) < 4.78 is 0. The van der Waals surface area contributed by atoms with Crippen LogP contribution in [0.2, 0.25) is 0 Å². The van der Waals surface area contributed by atoms with Gasteiger partial charge in [0.1, 0.15) is 0 Å². The van der Waals surface area contributed by atoms with Gasteiger partial charge in [-0.25, -0.2) is 0 Å². The van der Waals surface area contributed by atoms with E-state index in [9.17, 15) is 0 Å². The quantitative estimate of drug-likeness (QED) is 0.326. The van der Waals surface area contributed by atoms with Crippen LogP contribution in [-0.2, 0) is 0 Å². The van der Waals surface area contributed by atoms with Crippen molar-refractivity contribution in [3.63, 3.8) is 0 Å². The predicted molar refractivity (Wildman–Crippen MR) is 126 cm³/mol. The number of aliphatic imine (C=N–C) groups is 1. The molecular formula is C21H42IN5. The normalized spacial score (nSPS) is 26.3. The maximum Gasteiger partial charge on any atom is 0.191 e. The molecule has 6 heteroatoms. The van der Waals surface area contributed by atoms with E-state index >= 15 is 0 Å². The average Bonchev–Trinajstić information content (AvgIpc) is 3.34. The molecule has 2 aliphatic heterocycles. The zero-order chi connectivity index (χ0) is 18.2. The standard InChI is InChI=1S/C21H41N5.HI/c1-3-25-13-9-18(10-14-25)8-12-23-21(22-2)24-20-11-15-26(17-20)16-19-6-4-5-7-19;/h18-20H,3-17H2,1-2H3,(H2,22,23,24);1H. The number of hydrogen-bond acceptors (Lipinski definition) is 3. The fourth-order valence-electron chi connectivity index (χ4n) is 5.05. The number of nitrogens with zero attached hydrogens (tertiary/aromatic N) is 3. The van der Waals surface area contributed by atoms with Crippen molar-refractivity contribution in [2.45, 2.75) is 64.3 Å². The van der Waals surface area contributed by atoms with E-state index in [0.29, 0.717) is 6.04 Å². The summed E-state index contributed by atoms with van der Waals surface area (Å²) >= 11 is 0. The van der Waals surface area contributed by atoms with Gasteiger partial charge in [-0.05, 0) is 70.0 Å². The zero-order valence-electron chi connectivity index (χ0n) is 17.6. The van der Waals surface area contributed by atoms with Crippen molar-refractivity contribution in [2.75, 3.05) is 52.9 Å². The minimum Gasteiger partial charge on any atom is -0.356 e. The van der Waals surface area contributed by atoms with Crippen LogP contribution in [0.25, 0.3) is 0 Å². The van der Waals surface area contributed by atoms with E-state index in [4.69, 9.17) is 0 Å². The summed E-state index contributed by atoms with van der Waals surface area (Å²) in [4.78, 5) is 9.70. The number of halogens is 1. The molecule has 3 aliphatic rings. The summed E-state index contributed by atoms with van der Waals surface area (Å²) in [5.74, 6) is 2.85. The van der Waals surface area contributed by atoms with Gasteiger partial charge in [0.25, 0.3) is 0 Å². The fraction of sp³-hybridized carbons (Fsp3) is 0.952. The van der Waals surface area contributed by atoms with Gasteiger partial charge < -0.3 is 20.4 Å². The number of nitrogens with one attached hydrogen (secondary N) is 2. The van der Waals surface area contributed by atoms with Crippen molar-refractivity contribution in [1.29, 1.82) is 0 Å². The molecule has 3 rings (SSSR count). The Hall–Kier alpha value is -0.0800. The smallest absolute Gasteiger partial charge is 0.191 e. The topological polar surface area (TPSA) is 42.9 Å². The maximum atomic E-state index is 4.46. The average molecular weight is 492 g/mol. The molecule has 5 nitrogen and oxygen atoms in total. The number of rotatable bonds is 7. The molecule has 0 aromatic rings. The molecule has 3 fully saturated rings. The van der Waals surface area contributed by atoms with Gasteiger partial charge in [-0.1, -0.05) is 19.8 Å². The minimum absolute atomic E-state index is 0. The Labute approximate surface area is 184 Å². The van der Waals surface area contributed by atoms with Gasteiger partial charge >= 0.3 is 0 Å². The molecule has 0 spiro atoms. The molecule has 1 unspecified atom stereocenters. The summed E-state index contributed by atoms with van der Waals surface area (Å²) in [5.41, 5.74) is 0. The number of likely N-dealkylation sites (tertiary alicyclic amines) is 2.